The van der Waals surface area contributed by atoms with E-state index in [1.165, 1.54) is 17.4 Å². The van der Waals surface area contributed by atoms with Crippen LogP contribution in [0.5, 0.6) is 0 Å². The second-order valence-electron chi connectivity index (χ2n) is 6.08. The van der Waals surface area contributed by atoms with Gasteiger partial charge in [-0.2, -0.15) is 0 Å². The maximum Gasteiger partial charge on any atom is 0.342 e. The minimum absolute atomic E-state index is 0.0387. The van der Waals surface area contributed by atoms with Crippen LogP contribution in [0.1, 0.15) is 46.1 Å². The molecule has 0 spiro atoms. The molecule has 5 heteroatoms. The smallest absolute Gasteiger partial charge is 0.342 e. The molecule has 1 heterocycles. The molecular weight excluding hydrogens is 306 g/mol. The van der Waals surface area contributed by atoms with E-state index in [1.54, 1.807) is 24.9 Å². The number of benzene rings is 1. The summed E-state index contributed by atoms with van der Waals surface area (Å²) in [4.78, 5) is 26.1. The highest BCUT2D eigenvalue weighted by Gasteiger charge is 2.27. The predicted molar refractivity (Wildman–Crippen MR) is 88.6 cm³/mol. The van der Waals surface area contributed by atoms with Crippen molar-refractivity contribution in [1.82, 2.24) is 4.90 Å². The zero-order valence-corrected chi connectivity index (χ0v) is 14.0. The summed E-state index contributed by atoms with van der Waals surface area (Å²) in [5.41, 5.74) is 2.84. The Labute approximate surface area is 141 Å². The van der Waals surface area contributed by atoms with E-state index in [4.69, 9.17) is 9.15 Å². The number of hydrogen-bond donors (Lipinski definition) is 0. The third-order valence-electron chi connectivity index (χ3n) is 4.60. The Morgan fingerprint density at radius 2 is 2.08 bits per heavy atom. The molecule has 0 N–H and O–H groups in total. The lowest BCUT2D eigenvalue weighted by atomic mass is 9.87. The zero-order chi connectivity index (χ0) is 17.1. The maximum atomic E-state index is 12.4. The molecule has 0 fully saturated rings. The van der Waals surface area contributed by atoms with Crippen LogP contribution in [-0.4, -0.2) is 30.4 Å². The van der Waals surface area contributed by atoms with E-state index in [0.29, 0.717) is 11.3 Å². The Morgan fingerprint density at radius 1 is 1.29 bits per heavy atom. The first-order valence-electron chi connectivity index (χ1n) is 8.12. The van der Waals surface area contributed by atoms with Crippen molar-refractivity contribution in [2.75, 3.05) is 13.7 Å². The van der Waals surface area contributed by atoms with Gasteiger partial charge in [-0.25, -0.2) is 4.79 Å². The lowest BCUT2D eigenvalue weighted by Crippen LogP contribution is -2.36. The van der Waals surface area contributed by atoms with E-state index in [1.807, 2.05) is 12.1 Å². The van der Waals surface area contributed by atoms with Crippen molar-refractivity contribution in [2.24, 2.45) is 0 Å². The fraction of sp³-hybridized carbons (Fsp3) is 0.368. The molecule has 1 amide bonds. The molecule has 24 heavy (non-hydrogen) atoms. The standard InChI is InChI=1S/C19H21NO4/c1-13-15(10-11-23-13)19(22)24-12-18(21)20(2)17-9-5-7-14-6-3-4-8-16(14)17/h3-4,6,8,10-11,17H,5,7,9,12H2,1-2H3/t17-/m1/s1. The van der Waals surface area contributed by atoms with Crippen molar-refractivity contribution in [3.63, 3.8) is 0 Å². The van der Waals surface area contributed by atoms with E-state index in [9.17, 15) is 9.59 Å². The third-order valence-corrected chi connectivity index (χ3v) is 4.60. The summed E-state index contributed by atoms with van der Waals surface area (Å²) in [5.74, 6) is -0.250. The summed E-state index contributed by atoms with van der Waals surface area (Å²) in [6.07, 6.45) is 4.45. The number of carbonyl (C=O) groups is 2. The van der Waals surface area contributed by atoms with Gasteiger partial charge >= 0.3 is 5.97 Å². The highest BCUT2D eigenvalue weighted by Crippen LogP contribution is 2.33. The van der Waals surface area contributed by atoms with Crippen molar-refractivity contribution in [3.05, 3.63) is 59.0 Å². The van der Waals surface area contributed by atoms with Gasteiger partial charge in [-0.1, -0.05) is 24.3 Å². The topological polar surface area (TPSA) is 59.8 Å². The van der Waals surface area contributed by atoms with Crippen LogP contribution in [0.2, 0.25) is 0 Å². The van der Waals surface area contributed by atoms with Gasteiger partial charge in [0.05, 0.1) is 12.3 Å². The minimum atomic E-state index is -0.535. The van der Waals surface area contributed by atoms with E-state index < -0.39 is 5.97 Å². The van der Waals surface area contributed by atoms with Gasteiger partial charge in [-0.05, 0) is 43.4 Å². The number of hydrogen-bond acceptors (Lipinski definition) is 4. The molecule has 5 nitrogen and oxygen atoms in total. The van der Waals surface area contributed by atoms with Crippen LogP contribution in [0.3, 0.4) is 0 Å². The molecule has 0 unspecified atom stereocenters. The number of carbonyl (C=O) groups excluding carboxylic acids is 2. The lowest BCUT2D eigenvalue weighted by Gasteiger charge is -2.33. The molecule has 3 rings (SSSR count). The van der Waals surface area contributed by atoms with Gasteiger partial charge in [-0.15, -0.1) is 0 Å². The molecule has 0 saturated heterocycles. The van der Waals surface area contributed by atoms with Gasteiger partial charge in [0, 0.05) is 7.05 Å². The maximum absolute atomic E-state index is 12.4. The number of amides is 1. The lowest BCUT2D eigenvalue weighted by molar-refractivity contribution is -0.135. The second kappa shape index (κ2) is 6.91. The Morgan fingerprint density at radius 3 is 2.83 bits per heavy atom. The number of rotatable bonds is 4. The van der Waals surface area contributed by atoms with Crippen LogP contribution in [0.15, 0.2) is 41.0 Å². The van der Waals surface area contributed by atoms with Crippen LogP contribution in [-0.2, 0) is 16.0 Å². The number of nitrogens with zero attached hydrogens (tertiary/aromatic N) is 1. The normalized spacial score (nSPS) is 16.3. The molecule has 1 atom stereocenters. The van der Waals surface area contributed by atoms with Gasteiger partial charge < -0.3 is 14.1 Å². The first-order chi connectivity index (χ1) is 11.6. The minimum Gasteiger partial charge on any atom is -0.469 e. The molecule has 0 aliphatic heterocycles. The molecule has 1 aliphatic rings. The SMILES string of the molecule is Cc1occc1C(=O)OCC(=O)N(C)[C@@H]1CCCc2ccccc21. The van der Waals surface area contributed by atoms with Crippen molar-refractivity contribution in [1.29, 1.82) is 0 Å². The van der Waals surface area contributed by atoms with Crippen molar-refractivity contribution in [2.45, 2.75) is 32.2 Å². The second-order valence-corrected chi connectivity index (χ2v) is 6.08. The highest BCUT2D eigenvalue weighted by molar-refractivity contribution is 5.92. The first kappa shape index (κ1) is 16.3. The molecule has 2 aromatic rings. The number of aryl methyl sites for hydroxylation is 2. The molecule has 0 bridgehead atoms. The average Bonchev–Trinajstić information content (AvgIpc) is 3.04. The monoisotopic (exact) mass is 327 g/mol. The number of furan rings is 1. The number of esters is 1. The Kier molecular flexibility index (Phi) is 4.69. The molecule has 1 aromatic heterocycles. The first-order valence-corrected chi connectivity index (χ1v) is 8.12. The van der Waals surface area contributed by atoms with E-state index in [2.05, 4.69) is 12.1 Å². The van der Waals surface area contributed by atoms with Crippen LogP contribution in [0, 0.1) is 6.92 Å². The van der Waals surface area contributed by atoms with Crippen molar-refractivity contribution in [3.8, 4) is 0 Å². The molecule has 0 saturated carbocycles. The molecule has 1 aromatic carbocycles. The van der Waals surface area contributed by atoms with Crippen molar-refractivity contribution < 1.29 is 18.7 Å². The number of ether oxygens (including phenoxy) is 1. The highest BCUT2D eigenvalue weighted by atomic mass is 16.5. The summed E-state index contributed by atoms with van der Waals surface area (Å²) in [6, 6.07) is 9.79. The fourth-order valence-corrected chi connectivity index (χ4v) is 3.21. The van der Waals surface area contributed by atoms with Crippen LogP contribution >= 0.6 is 0 Å². The molecule has 126 valence electrons. The van der Waals surface area contributed by atoms with Gasteiger partial charge in [0.25, 0.3) is 5.91 Å². The summed E-state index contributed by atoms with van der Waals surface area (Å²) in [6.45, 7) is 1.42. The van der Waals surface area contributed by atoms with Crippen molar-refractivity contribution >= 4 is 11.9 Å². The van der Waals surface area contributed by atoms with Gasteiger partial charge in [-0.3, -0.25) is 4.79 Å². The van der Waals surface area contributed by atoms with Gasteiger partial charge in [0.2, 0.25) is 0 Å². The van der Waals surface area contributed by atoms with E-state index in [0.717, 1.165) is 19.3 Å². The van der Waals surface area contributed by atoms with E-state index >= 15 is 0 Å². The van der Waals surface area contributed by atoms with Crippen LogP contribution in [0.25, 0.3) is 0 Å². The summed E-state index contributed by atoms with van der Waals surface area (Å²) in [7, 11) is 1.77. The average molecular weight is 327 g/mol. The molecule has 1 aliphatic carbocycles. The number of likely N-dealkylation sites (N-methyl/N-ethyl adjacent to an activating group) is 1. The van der Waals surface area contributed by atoms with Crippen LogP contribution < -0.4 is 0 Å². The van der Waals surface area contributed by atoms with Crippen LogP contribution in [0.4, 0.5) is 0 Å². The van der Waals surface area contributed by atoms with E-state index in [-0.39, 0.29) is 18.6 Å². The quantitative estimate of drug-likeness (QED) is 0.809. The van der Waals surface area contributed by atoms with Gasteiger partial charge in [0.1, 0.15) is 11.3 Å². The van der Waals surface area contributed by atoms with Gasteiger partial charge in [0.15, 0.2) is 6.61 Å². The Hall–Kier alpha value is -2.56. The third kappa shape index (κ3) is 3.20. The summed E-state index contributed by atoms with van der Waals surface area (Å²) >= 11 is 0. The fourth-order valence-electron chi connectivity index (χ4n) is 3.21. The predicted octanol–water partition coefficient (Wildman–Crippen LogP) is 3.28. The molecular formula is C19H21NO4. The Balaban J connectivity index is 1.64. The summed E-state index contributed by atoms with van der Waals surface area (Å²) in [5, 5.41) is 0. The zero-order valence-electron chi connectivity index (χ0n) is 14.0. The Bertz CT molecular complexity index is 749. The largest absolute Gasteiger partial charge is 0.469 e. The molecule has 0 radical (unpaired) electrons. The summed E-state index contributed by atoms with van der Waals surface area (Å²) < 4.78 is 10.2. The number of fused-ring (bicyclic) bond motifs is 1.